The maximum absolute atomic E-state index is 11.6. The number of anilines is 1. The fourth-order valence-electron chi connectivity index (χ4n) is 2.68. The molecule has 0 spiro atoms. The molecule has 2 aromatic rings. The van der Waals surface area contributed by atoms with Crippen molar-refractivity contribution in [2.24, 2.45) is 10.9 Å². The maximum atomic E-state index is 11.6. The average Bonchev–Trinajstić information content (AvgIpc) is 3.16. The first-order valence-electron chi connectivity index (χ1n) is 9.46. The van der Waals surface area contributed by atoms with Crippen molar-refractivity contribution >= 4 is 52.9 Å². The zero-order chi connectivity index (χ0) is 19.5. The second-order valence-corrected chi connectivity index (χ2v) is 7.72. The predicted octanol–water partition coefficient (Wildman–Crippen LogP) is 4.65. The van der Waals surface area contributed by atoms with E-state index < -0.39 is 0 Å². The number of halogens is 1. The Morgan fingerprint density at radius 3 is 2.54 bits per heavy atom. The number of benzene rings is 1. The number of nitrogens with one attached hydrogen (secondary N) is 3. The summed E-state index contributed by atoms with van der Waals surface area (Å²) in [7, 11) is 1.78. The number of nitrogens with zero attached hydrogens (tertiary/aromatic N) is 1. The van der Waals surface area contributed by atoms with E-state index in [2.05, 4.69) is 45.4 Å². The van der Waals surface area contributed by atoms with E-state index in [1.165, 1.54) is 4.88 Å². The van der Waals surface area contributed by atoms with E-state index in [0.29, 0.717) is 18.9 Å². The molecule has 5 nitrogen and oxygen atoms in total. The molecule has 0 aliphatic carbocycles. The summed E-state index contributed by atoms with van der Waals surface area (Å²) in [5.41, 5.74) is 1.97. The lowest BCUT2D eigenvalue weighted by atomic mass is 10.1. The van der Waals surface area contributed by atoms with Gasteiger partial charge in [-0.15, -0.1) is 35.3 Å². The summed E-state index contributed by atoms with van der Waals surface area (Å²) >= 11 is 1.81. The summed E-state index contributed by atoms with van der Waals surface area (Å²) in [6.45, 7) is 5.80. The van der Waals surface area contributed by atoms with Gasteiger partial charge >= 0.3 is 0 Å². The lowest BCUT2D eigenvalue weighted by Gasteiger charge is -2.16. The van der Waals surface area contributed by atoms with E-state index in [1.807, 2.05) is 31.2 Å². The molecular weight excluding hydrogens is 483 g/mol. The molecule has 1 aromatic carbocycles. The van der Waals surface area contributed by atoms with Crippen LogP contribution in [0, 0.1) is 5.92 Å². The minimum absolute atomic E-state index is 0. The first-order valence-corrected chi connectivity index (χ1v) is 10.3. The van der Waals surface area contributed by atoms with E-state index in [9.17, 15) is 4.79 Å². The summed E-state index contributed by atoms with van der Waals surface area (Å²) in [4.78, 5) is 17.3. The number of rotatable bonds is 9. The number of amides is 1. The highest BCUT2D eigenvalue weighted by Gasteiger charge is 2.06. The standard InChI is InChI=1S/C21H30N4OS.HI/c1-4-6-20(26)25-18-10-8-17(9-11-18)15-24-21(22-3)23-14-16(2)13-19-7-5-12-27-19;/h5,7-12,16H,4,6,13-15H2,1-3H3,(H,25,26)(H2,22,23,24);1H. The van der Waals surface area contributed by atoms with Crippen LogP contribution in [0.15, 0.2) is 46.8 Å². The third-order valence-corrected chi connectivity index (χ3v) is 5.04. The Bertz CT molecular complexity index is 717. The average molecular weight is 514 g/mol. The molecule has 154 valence electrons. The largest absolute Gasteiger partial charge is 0.356 e. The molecule has 1 aromatic heterocycles. The second-order valence-electron chi connectivity index (χ2n) is 6.69. The summed E-state index contributed by atoms with van der Waals surface area (Å²) in [5.74, 6) is 1.39. The Labute approximate surface area is 189 Å². The lowest BCUT2D eigenvalue weighted by molar-refractivity contribution is -0.116. The Morgan fingerprint density at radius 1 is 1.18 bits per heavy atom. The number of carbonyl (C=O) groups is 1. The molecule has 1 atom stereocenters. The van der Waals surface area contributed by atoms with Crippen LogP contribution in [0.4, 0.5) is 5.69 Å². The zero-order valence-corrected chi connectivity index (χ0v) is 20.0. The van der Waals surface area contributed by atoms with Crippen LogP contribution in [0.1, 0.15) is 37.1 Å². The summed E-state index contributed by atoms with van der Waals surface area (Å²) in [5, 5.41) is 11.7. The van der Waals surface area contributed by atoms with Gasteiger partial charge in [0.05, 0.1) is 0 Å². The fraction of sp³-hybridized carbons (Fsp3) is 0.429. The van der Waals surface area contributed by atoms with Crippen molar-refractivity contribution in [2.75, 3.05) is 18.9 Å². The van der Waals surface area contributed by atoms with Crippen LogP contribution in [0.5, 0.6) is 0 Å². The minimum atomic E-state index is 0. The number of aliphatic imine (C=N–C) groups is 1. The van der Waals surface area contributed by atoms with Crippen molar-refractivity contribution in [1.82, 2.24) is 10.6 Å². The fourth-order valence-corrected chi connectivity index (χ4v) is 3.55. The van der Waals surface area contributed by atoms with Crippen molar-refractivity contribution in [1.29, 1.82) is 0 Å². The normalized spacial score (nSPS) is 12.0. The van der Waals surface area contributed by atoms with Gasteiger partial charge in [-0.25, -0.2) is 0 Å². The molecule has 0 saturated heterocycles. The second kappa shape index (κ2) is 13.5. The van der Waals surface area contributed by atoms with Crippen LogP contribution in [0.3, 0.4) is 0 Å². The molecule has 7 heteroatoms. The molecule has 1 heterocycles. The molecule has 0 bridgehead atoms. The van der Waals surface area contributed by atoms with Crippen LogP contribution in [0.2, 0.25) is 0 Å². The van der Waals surface area contributed by atoms with Crippen molar-refractivity contribution in [2.45, 2.75) is 39.7 Å². The monoisotopic (exact) mass is 514 g/mol. The highest BCUT2D eigenvalue weighted by molar-refractivity contribution is 14.0. The van der Waals surface area contributed by atoms with E-state index in [1.54, 1.807) is 18.4 Å². The molecule has 0 saturated carbocycles. The predicted molar refractivity (Wildman–Crippen MR) is 131 cm³/mol. The molecule has 3 N–H and O–H groups in total. The van der Waals surface area contributed by atoms with Crippen molar-refractivity contribution in [3.63, 3.8) is 0 Å². The quantitative estimate of drug-likeness (QED) is 0.259. The van der Waals surface area contributed by atoms with Gasteiger partial charge in [0.25, 0.3) is 0 Å². The highest BCUT2D eigenvalue weighted by Crippen LogP contribution is 2.14. The van der Waals surface area contributed by atoms with Gasteiger partial charge in [0.2, 0.25) is 5.91 Å². The Balaban J connectivity index is 0.00000392. The SMILES string of the molecule is CCCC(=O)Nc1ccc(CNC(=NC)NCC(C)Cc2cccs2)cc1.I. The van der Waals surface area contributed by atoms with Gasteiger partial charge in [-0.3, -0.25) is 9.79 Å². The zero-order valence-electron chi connectivity index (χ0n) is 16.8. The first-order chi connectivity index (χ1) is 13.1. The van der Waals surface area contributed by atoms with Crippen LogP contribution in [-0.4, -0.2) is 25.5 Å². The summed E-state index contributed by atoms with van der Waals surface area (Å²) in [6, 6.07) is 12.2. The van der Waals surface area contributed by atoms with Crippen molar-refractivity contribution in [3.8, 4) is 0 Å². The van der Waals surface area contributed by atoms with E-state index in [-0.39, 0.29) is 29.9 Å². The van der Waals surface area contributed by atoms with Gasteiger partial charge in [-0.1, -0.05) is 32.0 Å². The van der Waals surface area contributed by atoms with E-state index in [0.717, 1.165) is 36.6 Å². The first kappa shape index (κ1) is 24.4. The Kier molecular flexibility index (Phi) is 11.8. The number of thiophene rings is 1. The van der Waals surface area contributed by atoms with Crippen LogP contribution < -0.4 is 16.0 Å². The van der Waals surface area contributed by atoms with Crippen LogP contribution in [-0.2, 0) is 17.8 Å². The smallest absolute Gasteiger partial charge is 0.224 e. The van der Waals surface area contributed by atoms with Gasteiger partial charge in [0.1, 0.15) is 0 Å². The molecule has 0 radical (unpaired) electrons. The number of hydrogen-bond donors (Lipinski definition) is 3. The molecule has 1 unspecified atom stereocenters. The molecule has 0 fully saturated rings. The maximum Gasteiger partial charge on any atom is 0.224 e. The third kappa shape index (κ3) is 9.05. The lowest BCUT2D eigenvalue weighted by Crippen LogP contribution is -2.39. The Hall–Kier alpha value is -1.61. The van der Waals surface area contributed by atoms with Gasteiger partial charge in [-0.05, 0) is 47.9 Å². The van der Waals surface area contributed by atoms with E-state index >= 15 is 0 Å². The molecular formula is C21H31IN4OS. The van der Waals surface area contributed by atoms with Gasteiger partial charge < -0.3 is 16.0 Å². The third-order valence-electron chi connectivity index (χ3n) is 4.15. The molecule has 0 aliphatic heterocycles. The van der Waals surface area contributed by atoms with Crippen molar-refractivity contribution < 1.29 is 4.79 Å². The van der Waals surface area contributed by atoms with Crippen LogP contribution >= 0.6 is 35.3 Å². The molecule has 2 rings (SSSR count). The van der Waals surface area contributed by atoms with Crippen molar-refractivity contribution in [3.05, 3.63) is 52.2 Å². The molecule has 0 aliphatic rings. The number of hydrogen-bond acceptors (Lipinski definition) is 3. The summed E-state index contributed by atoms with van der Waals surface area (Å²) < 4.78 is 0. The van der Waals surface area contributed by atoms with Crippen LogP contribution in [0.25, 0.3) is 0 Å². The Morgan fingerprint density at radius 2 is 1.93 bits per heavy atom. The molecule has 1 amide bonds. The number of carbonyl (C=O) groups excluding carboxylic acids is 1. The molecule has 28 heavy (non-hydrogen) atoms. The number of guanidine groups is 1. The minimum Gasteiger partial charge on any atom is -0.356 e. The van der Waals surface area contributed by atoms with Gasteiger partial charge in [0, 0.05) is 37.1 Å². The highest BCUT2D eigenvalue weighted by atomic mass is 127. The van der Waals surface area contributed by atoms with Gasteiger partial charge in [-0.2, -0.15) is 0 Å². The topological polar surface area (TPSA) is 65.5 Å². The van der Waals surface area contributed by atoms with E-state index in [4.69, 9.17) is 0 Å². The van der Waals surface area contributed by atoms with Gasteiger partial charge in [0.15, 0.2) is 5.96 Å². The summed E-state index contributed by atoms with van der Waals surface area (Å²) in [6.07, 6.45) is 2.48.